The minimum atomic E-state index is -0.355. The fourth-order valence-corrected chi connectivity index (χ4v) is 3.93. The molecule has 28 heavy (non-hydrogen) atoms. The van der Waals surface area contributed by atoms with E-state index >= 15 is 0 Å². The van der Waals surface area contributed by atoms with Crippen LogP contribution in [0.5, 0.6) is 0 Å². The Hall–Kier alpha value is -2.93. The lowest BCUT2D eigenvalue weighted by molar-refractivity contribution is -0.143. The normalized spacial score (nSPS) is 11.6. The van der Waals surface area contributed by atoms with E-state index in [4.69, 9.17) is 4.74 Å². The summed E-state index contributed by atoms with van der Waals surface area (Å²) in [6, 6.07) is 13.2. The molecule has 0 fully saturated rings. The first-order chi connectivity index (χ1) is 13.4. The number of hydrogen-bond acceptors (Lipinski definition) is 5. The van der Waals surface area contributed by atoms with E-state index in [1.165, 1.54) is 11.3 Å². The molecule has 0 aliphatic rings. The predicted molar refractivity (Wildman–Crippen MR) is 112 cm³/mol. The van der Waals surface area contributed by atoms with E-state index < -0.39 is 0 Å². The molecule has 0 aliphatic carbocycles. The Morgan fingerprint density at radius 1 is 1.14 bits per heavy atom. The van der Waals surface area contributed by atoms with Gasteiger partial charge < -0.3 is 14.2 Å². The lowest BCUT2D eigenvalue weighted by atomic mass is 10.2. The maximum Gasteiger partial charge on any atom is 0.326 e. The Balaban J connectivity index is 2.04. The summed E-state index contributed by atoms with van der Waals surface area (Å²) in [6.07, 6.45) is 0. The molecule has 1 amide bonds. The Kier molecular flexibility index (Phi) is 5.94. The lowest BCUT2D eigenvalue weighted by Crippen LogP contribution is -2.23. The third-order valence-electron chi connectivity index (χ3n) is 4.26. The number of rotatable bonds is 5. The highest BCUT2D eigenvalue weighted by Crippen LogP contribution is 2.19. The number of amides is 1. The molecule has 0 aliphatic heterocycles. The van der Waals surface area contributed by atoms with E-state index in [0.29, 0.717) is 17.0 Å². The van der Waals surface area contributed by atoms with Gasteiger partial charge in [-0.3, -0.25) is 9.59 Å². The summed E-state index contributed by atoms with van der Waals surface area (Å²) in [7, 11) is 3.89. The molecule has 3 aromatic rings. The van der Waals surface area contributed by atoms with Crippen molar-refractivity contribution in [3.63, 3.8) is 0 Å². The molecule has 0 spiro atoms. The molecule has 0 atom stereocenters. The maximum atomic E-state index is 12.7. The minimum absolute atomic E-state index is 0.0164. The zero-order chi connectivity index (χ0) is 20.3. The van der Waals surface area contributed by atoms with E-state index in [1.54, 1.807) is 23.6 Å². The van der Waals surface area contributed by atoms with Gasteiger partial charge in [-0.1, -0.05) is 17.4 Å². The van der Waals surface area contributed by atoms with Gasteiger partial charge in [0, 0.05) is 25.3 Å². The van der Waals surface area contributed by atoms with Crippen molar-refractivity contribution in [2.75, 3.05) is 25.6 Å². The second kappa shape index (κ2) is 8.39. The van der Waals surface area contributed by atoms with Crippen LogP contribution in [0.3, 0.4) is 0 Å². The number of aromatic nitrogens is 1. The topological polar surface area (TPSA) is 63.9 Å². The summed E-state index contributed by atoms with van der Waals surface area (Å²) in [6.45, 7) is 4.10. The van der Waals surface area contributed by atoms with Gasteiger partial charge in [0.05, 0.1) is 16.8 Å². The van der Waals surface area contributed by atoms with Gasteiger partial charge in [0.15, 0.2) is 4.80 Å². The van der Waals surface area contributed by atoms with Crippen molar-refractivity contribution in [3.05, 3.63) is 58.4 Å². The number of carbonyl (C=O) groups excluding carboxylic acids is 2. The van der Waals surface area contributed by atoms with Gasteiger partial charge in [-0.05, 0) is 55.8 Å². The number of esters is 1. The highest BCUT2D eigenvalue weighted by Gasteiger charge is 2.13. The third kappa shape index (κ3) is 4.31. The van der Waals surface area contributed by atoms with Crippen LogP contribution in [0.25, 0.3) is 10.2 Å². The van der Waals surface area contributed by atoms with Crippen molar-refractivity contribution in [2.45, 2.75) is 20.4 Å². The second-order valence-corrected chi connectivity index (χ2v) is 7.61. The average Bonchev–Trinajstić information content (AvgIpc) is 2.98. The summed E-state index contributed by atoms with van der Waals surface area (Å²) in [4.78, 5) is 31.5. The summed E-state index contributed by atoms with van der Waals surface area (Å²) in [5, 5.41) is 0. The number of hydrogen-bond donors (Lipinski definition) is 0. The first kappa shape index (κ1) is 19.8. The smallest absolute Gasteiger partial charge is 0.326 e. The number of thiazole rings is 1. The number of aryl methyl sites for hydroxylation is 1. The van der Waals surface area contributed by atoms with Crippen LogP contribution in [-0.2, 0) is 16.1 Å². The van der Waals surface area contributed by atoms with E-state index in [9.17, 15) is 9.59 Å². The number of ether oxygens (including phenoxy) is 1. The summed E-state index contributed by atoms with van der Waals surface area (Å²) >= 11 is 1.39. The van der Waals surface area contributed by atoms with Gasteiger partial charge in [0.1, 0.15) is 6.54 Å². The summed E-state index contributed by atoms with van der Waals surface area (Å²) < 4.78 is 7.79. The van der Waals surface area contributed by atoms with Crippen molar-refractivity contribution in [2.24, 2.45) is 4.99 Å². The highest BCUT2D eigenvalue weighted by molar-refractivity contribution is 7.16. The van der Waals surface area contributed by atoms with Crippen LogP contribution < -0.4 is 9.70 Å². The van der Waals surface area contributed by atoms with Crippen molar-refractivity contribution < 1.29 is 14.3 Å². The van der Waals surface area contributed by atoms with E-state index in [0.717, 1.165) is 21.5 Å². The van der Waals surface area contributed by atoms with Crippen LogP contribution in [0, 0.1) is 6.92 Å². The van der Waals surface area contributed by atoms with E-state index in [2.05, 4.69) is 4.99 Å². The first-order valence-corrected chi connectivity index (χ1v) is 9.82. The SMILES string of the molecule is CCOC(=O)Cn1c(=NC(=O)c2ccc(N(C)C)cc2)sc2cc(C)ccc21. The zero-order valence-electron chi connectivity index (χ0n) is 16.4. The zero-order valence-corrected chi connectivity index (χ0v) is 17.2. The molecule has 1 aromatic heterocycles. The molecule has 2 aromatic carbocycles. The average molecular weight is 398 g/mol. The van der Waals surface area contributed by atoms with Gasteiger partial charge in [-0.15, -0.1) is 0 Å². The predicted octanol–water partition coefficient (Wildman–Crippen LogP) is 3.38. The van der Waals surface area contributed by atoms with E-state index in [-0.39, 0.29) is 18.4 Å². The monoisotopic (exact) mass is 397 g/mol. The van der Waals surface area contributed by atoms with Crippen LogP contribution in [0.15, 0.2) is 47.5 Å². The summed E-state index contributed by atoms with van der Waals surface area (Å²) in [5.41, 5.74) is 3.47. The standard InChI is InChI=1S/C21H23N3O3S/c1-5-27-19(25)13-24-17-11-6-14(2)12-18(17)28-21(24)22-20(26)15-7-9-16(10-8-15)23(3)4/h6-12H,5,13H2,1-4H3. The number of carbonyl (C=O) groups is 2. The van der Waals surface area contributed by atoms with Gasteiger partial charge in [0.25, 0.3) is 5.91 Å². The number of anilines is 1. The van der Waals surface area contributed by atoms with Crippen LogP contribution >= 0.6 is 11.3 Å². The lowest BCUT2D eigenvalue weighted by Gasteiger charge is -2.11. The third-order valence-corrected chi connectivity index (χ3v) is 5.30. The molecule has 0 saturated heterocycles. The molecule has 146 valence electrons. The van der Waals surface area contributed by atoms with E-state index in [1.807, 2.05) is 56.3 Å². The Labute approximate surface area is 167 Å². The van der Waals surface area contributed by atoms with Crippen LogP contribution in [0.4, 0.5) is 5.69 Å². The second-order valence-electron chi connectivity index (χ2n) is 6.61. The summed E-state index contributed by atoms with van der Waals surface area (Å²) in [5.74, 6) is -0.696. The molecule has 0 bridgehead atoms. The molecule has 0 N–H and O–H groups in total. The van der Waals surface area contributed by atoms with Gasteiger partial charge in [0.2, 0.25) is 0 Å². The number of benzene rings is 2. The Morgan fingerprint density at radius 3 is 2.50 bits per heavy atom. The number of fused-ring (bicyclic) bond motifs is 1. The fraction of sp³-hybridized carbons (Fsp3) is 0.286. The first-order valence-electron chi connectivity index (χ1n) is 9.01. The van der Waals surface area contributed by atoms with Crippen LogP contribution in [0.2, 0.25) is 0 Å². The van der Waals surface area contributed by atoms with Gasteiger partial charge >= 0.3 is 5.97 Å². The van der Waals surface area contributed by atoms with Crippen molar-refractivity contribution in [1.82, 2.24) is 4.57 Å². The number of nitrogens with zero attached hydrogens (tertiary/aromatic N) is 3. The molecular weight excluding hydrogens is 374 g/mol. The molecule has 1 heterocycles. The molecule has 0 radical (unpaired) electrons. The van der Waals surface area contributed by atoms with Crippen LogP contribution in [-0.4, -0.2) is 37.1 Å². The highest BCUT2D eigenvalue weighted by atomic mass is 32.1. The maximum absolute atomic E-state index is 12.7. The largest absolute Gasteiger partial charge is 0.465 e. The van der Waals surface area contributed by atoms with Gasteiger partial charge in [-0.2, -0.15) is 4.99 Å². The van der Waals surface area contributed by atoms with Crippen molar-refractivity contribution >= 4 is 39.1 Å². The molecule has 0 unspecified atom stereocenters. The Morgan fingerprint density at radius 2 is 1.86 bits per heavy atom. The molecule has 6 nitrogen and oxygen atoms in total. The minimum Gasteiger partial charge on any atom is -0.465 e. The van der Waals surface area contributed by atoms with Gasteiger partial charge in [-0.25, -0.2) is 0 Å². The quantitative estimate of drug-likeness (QED) is 0.619. The van der Waals surface area contributed by atoms with Crippen molar-refractivity contribution in [1.29, 1.82) is 0 Å². The molecular formula is C21H23N3O3S. The fourth-order valence-electron chi connectivity index (χ4n) is 2.81. The van der Waals surface area contributed by atoms with Crippen LogP contribution in [0.1, 0.15) is 22.8 Å². The molecule has 3 rings (SSSR count). The Bertz CT molecular complexity index is 1080. The molecule has 0 saturated carbocycles. The van der Waals surface area contributed by atoms with Crippen molar-refractivity contribution in [3.8, 4) is 0 Å². The molecule has 7 heteroatoms.